The molecule has 0 spiro atoms. The van der Waals surface area contributed by atoms with E-state index in [0.717, 1.165) is 40.8 Å². The lowest BCUT2D eigenvalue weighted by atomic mass is 9.71. The summed E-state index contributed by atoms with van der Waals surface area (Å²) in [4.78, 5) is 22.0. The van der Waals surface area contributed by atoms with Gasteiger partial charge in [0.2, 0.25) is 10.0 Å². The van der Waals surface area contributed by atoms with Gasteiger partial charge in [0.05, 0.1) is 5.56 Å². The largest absolute Gasteiger partial charge is 0.491 e. The molecule has 0 unspecified atom stereocenters. The second-order valence-corrected chi connectivity index (χ2v) is 13.2. The number of piperazine rings is 1. The first kappa shape index (κ1) is 28.8. The molecule has 2 aromatic carbocycles. The molecule has 2 aliphatic rings. The minimum Gasteiger partial charge on any atom is -0.491 e. The van der Waals surface area contributed by atoms with Crippen LogP contribution >= 0.6 is 0 Å². The van der Waals surface area contributed by atoms with E-state index in [0.29, 0.717) is 62.8 Å². The van der Waals surface area contributed by atoms with Crippen molar-refractivity contribution in [2.24, 2.45) is 5.73 Å². The maximum atomic E-state index is 14.1. The SMILES string of the molecule is CCN(CC)CCOc1cc2c(cc1S(=O)(=O)N1CCN(C)CC1)C(=O)c1c([nH]c3cc(CN)ccc13)C2(C)C. The van der Waals surface area contributed by atoms with Crippen LogP contribution in [-0.4, -0.2) is 92.8 Å². The van der Waals surface area contributed by atoms with Gasteiger partial charge in [-0.25, -0.2) is 8.42 Å². The number of likely N-dealkylation sites (N-methyl/N-ethyl adjacent to an activating group) is 2. The lowest BCUT2D eigenvalue weighted by molar-refractivity contribution is 0.103. The summed E-state index contributed by atoms with van der Waals surface area (Å²) in [5.41, 5.74) is 9.67. The number of hydrogen-bond acceptors (Lipinski definition) is 7. The molecule has 9 nitrogen and oxygen atoms in total. The van der Waals surface area contributed by atoms with Gasteiger partial charge in [-0.05, 0) is 49.5 Å². The van der Waals surface area contributed by atoms with Gasteiger partial charge in [-0.2, -0.15) is 4.31 Å². The fourth-order valence-electron chi connectivity index (χ4n) is 5.92. The number of carbonyl (C=O) groups excluding carboxylic acids is 1. The van der Waals surface area contributed by atoms with Crippen LogP contribution in [-0.2, 0) is 22.0 Å². The van der Waals surface area contributed by atoms with Gasteiger partial charge in [0, 0.05) is 66.8 Å². The van der Waals surface area contributed by atoms with E-state index in [2.05, 4.69) is 42.5 Å². The Bertz CT molecular complexity index is 1530. The summed E-state index contributed by atoms with van der Waals surface area (Å²) in [7, 11) is -1.91. The molecule has 216 valence electrons. The van der Waals surface area contributed by atoms with Crippen molar-refractivity contribution in [1.29, 1.82) is 0 Å². The zero-order chi connectivity index (χ0) is 28.8. The molecule has 10 heteroatoms. The summed E-state index contributed by atoms with van der Waals surface area (Å²) in [6.07, 6.45) is 0. The molecular formula is C30H41N5O4S. The molecule has 0 amide bonds. The second-order valence-electron chi connectivity index (χ2n) is 11.3. The van der Waals surface area contributed by atoms with Gasteiger partial charge in [-0.1, -0.05) is 39.8 Å². The van der Waals surface area contributed by atoms with Crippen LogP contribution in [0.2, 0.25) is 0 Å². The fourth-order valence-corrected chi connectivity index (χ4v) is 7.48. The first-order valence-corrected chi connectivity index (χ1v) is 15.6. The molecule has 1 aliphatic heterocycles. The number of sulfonamides is 1. The molecule has 40 heavy (non-hydrogen) atoms. The number of aromatic amines is 1. The maximum Gasteiger partial charge on any atom is 0.246 e. The topological polar surface area (TPSA) is 112 Å². The number of nitrogens with zero attached hydrogens (tertiary/aromatic N) is 3. The summed E-state index contributed by atoms with van der Waals surface area (Å²) >= 11 is 0. The molecule has 3 aromatic rings. The highest BCUT2D eigenvalue weighted by Gasteiger charge is 2.42. The van der Waals surface area contributed by atoms with Gasteiger partial charge in [0.15, 0.2) is 5.78 Å². The molecule has 0 atom stereocenters. The summed E-state index contributed by atoms with van der Waals surface area (Å²) in [6.45, 7) is 13.6. The van der Waals surface area contributed by atoms with Gasteiger partial charge >= 0.3 is 0 Å². The third kappa shape index (κ3) is 4.86. The Labute approximate surface area is 237 Å². The Morgan fingerprint density at radius 3 is 2.42 bits per heavy atom. The Morgan fingerprint density at radius 1 is 1.07 bits per heavy atom. The molecular weight excluding hydrogens is 526 g/mol. The van der Waals surface area contributed by atoms with E-state index in [1.807, 2.05) is 25.2 Å². The normalized spacial score (nSPS) is 17.8. The number of hydrogen-bond donors (Lipinski definition) is 2. The highest BCUT2D eigenvalue weighted by atomic mass is 32.2. The van der Waals surface area contributed by atoms with Crippen LogP contribution < -0.4 is 10.5 Å². The van der Waals surface area contributed by atoms with E-state index in [1.54, 1.807) is 12.1 Å². The third-order valence-electron chi connectivity index (χ3n) is 8.59. The summed E-state index contributed by atoms with van der Waals surface area (Å²) in [5.74, 6) is 0.122. The zero-order valence-electron chi connectivity index (χ0n) is 24.2. The minimum atomic E-state index is -3.89. The first-order chi connectivity index (χ1) is 19.0. The lowest BCUT2D eigenvalue weighted by Gasteiger charge is -2.35. The zero-order valence-corrected chi connectivity index (χ0v) is 25.0. The number of benzene rings is 2. The van der Waals surface area contributed by atoms with Crippen LogP contribution in [0.25, 0.3) is 10.9 Å². The van der Waals surface area contributed by atoms with Crippen LogP contribution in [0, 0.1) is 0 Å². The van der Waals surface area contributed by atoms with Crippen molar-refractivity contribution in [3.8, 4) is 5.75 Å². The van der Waals surface area contributed by atoms with Gasteiger partial charge in [0.1, 0.15) is 17.3 Å². The molecule has 1 aliphatic carbocycles. The van der Waals surface area contributed by atoms with Crippen molar-refractivity contribution in [3.05, 3.63) is 58.3 Å². The van der Waals surface area contributed by atoms with E-state index >= 15 is 0 Å². The van der Waals surface area contributed by atoms with E-state index in [9.17, 15) is 13.2 Å². The molecule has 0 bridgehead atoms. The number of nitrogens with two attached hydrogens (primary N) is 1. The van der Waals surface area contributed by atoms with E-state index in [4.69, 9.17) is 10.5 Å². The summed E-state index contributed by atoms with van der Waals surface area (Å²) < 4.78 is 35.8. The summed E-state index contributed by atoms with van der Waals surface area (Å²) in [6, 6.07) is 9.20. The molecule has 1 fully saturated rings. The average Bonchev–Trinajstić information content (AvgIpc) is 3.34. The average molecular weight is 568 g/mol. The number of fused-ring (bicyclic) bond motifs is 4. The first-order valence-electron chi connectivity index (χ1n) is 14.1. The standard InChI is InChI=1S/C30H41N5O4S/c1-6-34(7-2)14-15-39-25-18-23-22(17-26(25)40(37,38)35-12-10-33(5)11-13-35)28(36)27-21-9-8-20(19-31)16-24(21)32-29(27)30(23,3)4/h8-9,16-18,32H,6-7,10-15,19,31H2,1-5H3. The summed E-state index contributed by atoms with van der Waals surface area (Å²) in [5, 5.41) is 0.818. The van der Waals surface area contributed by atoms with Gasteiger partial charge in [0.25, 0.3) is 0 Å². The van der Waals surface area contributed by atoms with Crippen LogP contribution in [0.5, 0.6) is 5.75 Å². The van der Waals surface area contributed by atoms with Gasteiger partial charge in [-0.15, -0.1) is 0 Å². The number of rotatable bonds is 9. The highest BCUT2D eigenvalue weighted by Crippen LogP contribution is 2.46. The van der Waals surface area contributed by atoms with Crippen molar-refractivity contribution in [2.45, 2.75) is 44.6 Å². The van der Waals surface area contributed by atoms with Crippen LogP contribution in [0.4, 0.5) is 0 Å². The number of ether oxygens (including phenoxy) is 1. The van der Waals surface area contributed by atoms with Gasteiger partial charge < -0.3 is 25.3 Å². The molecule has 0 saturated carbocycles. The van der Waals surface area contributed by atoms with E-state index in [-0.39, 0.29) is 10.7 Å². The van der Waals surface area contributed by atoms with Crippen LogP contribution in [0.3, 0.4) is 0 Å². The molecule has 0 radical (unpaired) electrons. The smallest absolute Gasteiger partial charge is 0.246 e. The Balaban J connectivity index is 1.64. The highest BCUT2D eigenvalue weighted by molar-refractivity contribution is 7.89. The quantitative estimate of drug-likeness (QED) is 0.409. The van der Waals surface area contributed by atoms with Crippen molar-refractivity contribution in [2.75, 3.05) is 59.5 Å². The monoisotopic (exact) mass is 567 g/mol. The Morgan fingerprint density at radius 2 is 1.77 bits per heavy atom. The van der Waals surface area contributed by atoms with Crippen molar-refractivity contribution in [3.63, 3.8) is 0 Å². The van der Waals surface area contributed by atoms with Gasteiger partial charge in [-0.3, -0.25) is 4.79 Å². The van der Waals surface area contributed by atoms with Crippen molar-refractivity contribution in [1.82, 2.24) is 19.1 Å². The van der Waals surface area contributed by atoms with E-state index in [1.165, 1.54) is 4.31 Å². The Hall–Kier alpha value is -2.76. The molecule has 2 heterocycles. The number of aromatic nitrogens is 1. The maximum absolute atomic E-state index is 14.1. The van der Waals surface area contributed by atoms with Crippen molar-refractivity contribution < 1.29 is 17.9 Å². The number of nitrogens with one attached hydrogen (secondary N) is 1. The molecule has 1 saturated heterocycles. The Kier molecular flexibility index (Phi) is 7.84. The third-order valence-corrected chi connectivity index (χ3v) is 10.5. The lowest BCUT2D eigenvalue weighted by Crippen LogP contribution is -2.47. The minimum absolute atomic E-state index is 0.0632. The number of ketones is 1. The van der Waals surface area contributed by atoms with Crippen LogP contribution in [0.1, 0.15) is 60.4 Å². The van der Waals surface area contributed by atoms with E-state index < -0.39 is 15.4 Å². The fraction of sp³-hybridized carbons (Fsp3) is 0.500. The number of carbonyl (C=O) groups is 1. The predicted octanol–water partition coefficient (Wildman–Crippen LogP) is 3.15. The molecule has 1 aromatic heterocycles. The number of H-pyrrole nitrogens is 1. The molecule has 3 N–H and O–H groups in total. The van der Waals surface area contributed by atoms with Crippen LogP contribution in [0.15, 0.2) is 35.2 Å². The van der Waals surface area contributed by atoms with Crippen molar-refractivity contribution >= 4 is 26.7 Å². The predicted molar refractivity (Wildman–Crippen MR) is 158 cm³/mol. The molecule has 5 rings (SSSR count). The second kappa shape index (κ2) is 10.9.